The number of hydrogen-bond acceptors (Lipinski definition) is 4. The van der Waals surface area contributed by atoms with Gasteiger partial charge in [0.1, 0.15) is 0 Å². The van der Waals surface area contributed by atoms with Crippen LogP contribution in [0.1, 0.15) is 90.9 Å². The first kappa shape index (κ1) is 20.4. The molecule has 0 aliphatic heterocycles. The van der Waals surface area contributed by atoms with E-state index in [0.717, 1.165) is 44.9 Å². The van der Waals surface area contributed by atoms with Gasteiger partial charge in [-0.25, -0.2) is 0 Å². The first-order valence-corrected chi connectivity index (χ1v) is 9.77. The van der Waals surface area contributed by atoms with Gasteiger partial charge in [0.05, 0.1) is 12.7 Å². The van der Waals surface area contributed by atoms with Gasteiger partial charge in [-0.15, -0.1) is 0 Å². The second-order valence-corrected chi connectivity index (χ2v) is 6.93. The monoisotopic (exact) mass is 327 g/mol. The van der Waals surface area contributed by atoms with E-state index in [9.17, 15) is 9.90 Å². The highest BCUT2D eigenvalue weighted by atomic mass is 16.5. The molecule has 4 heteroatoms. The molecular weight excluding hydrogens is 290 g/mol. The number of unbranched alkanes of at least 4 members (excludes halogenated alkanes) is 3. The third-order valence-corrected chi connectivity index (χ3v) is 4.75. The van der Waals surface area contributed by atoms with E-state index in [4.69, 9.17) is 4.74 Å². The summed E-state index contributed by atoms with van der Waals surface area (Å²) in [5, 5.41) is 13.7. The number of aliphatic hydroxyl groups excluding tert-OH is 1. The summed E-state index contributed by atoms with van der Waals surface area (Å²) < 4.78 is 5.25. The molecule has 4 nitrogen and oxygen atoms in total. The molecule has 1 fully saturated rings. The smallest absolute Gasteiger partial charge is 0.305 e. The minimum atomic E-state index is -0.185. The van der Waals surface area contributed by atoms with E-state index in [-0.39, 0.29) is 18.1 Å². The number of carbonyl (C=O) groups is 1. The second kappa shape index (κ2) is 12.8. The van der Waals surface area contributed by atoms with Gasteiger partial charge in [0.2, 0.25) is 0 Å². The Labute approximate surface area is 142 Å². The van der Waals surface area contributed by atoms with Crippen molar-refractivity contribution in [3.63, 3.8) is 0 Å². The number of ether oxygens (including phenoxy) is 1. The van der Waals surface area contributed by atoms with E-state index in [1.165, 1.54) is 25.7 Å². The van der Waals surface area contributed by atoms with Crippen LogP contribution in [0, 0.1) is 0 Å². The molecule has 0 heterocycles. The van der Waals surface area contributed by atoms with Gasteiger partial charge in [-0.05, 0) is 44.9 Å². The zero-order valence-electron chi connectivity index (χ0n) is 15.2. The maximum atomic E-state index is 11.4. The van der Waals surface area contributed by atoms with Crippen LogP contribution in [0.4, 0.5) is 0 Å². The molecule has 1 aliphatic rings. The van der Waals surface area contributed by atoms with Gasteiger partial charge in [0.15, 0.2) is 0 Å². The Balaban J connectivity index is 2.27. The summed E-state index contributed by atoms with van der Waals surface area (Å²) in [5.74, 6) is -0.0776. The van der Waals surface area contributed by atoms with Gasteiger partial charge in [-0.3, -0.25) is 4.79 Å². The molecule has 2 N–H and O–H groups in total. The van der Waals surface area contributed by atoms with Crippen LogP contribution in [-0.4, -0.2) is 35.9 Å². The molecular formula is C19H37NO3. The molecule has 0 bridgehead atoms. The van der Waals surface area contributed by atoms with Crippen molar-refractivity contribution in [2.75, 3.05) is 6.61 Å². The Hall–Kier alpha value is -0.610. The number of hydrogen-bond donors (Lipinski definition) is 2. The molecule has 1 rings (SSSR count). The zero-order chi connectivity index (χ0) is 16.9. The Kier molecular flexibility index (Phi) is 11.3. The van der Waals surface area contributed by atoms with Crippen LogP contribution >= 0.6 is 0 Å². The average Bonchev–Trinajstić information content (AvgIpc) is 2.93. The van der Waals surface area contributed by atoms with Crippen molar-refractivity contribution >= 4 is 5.97 Å². The molecule has 0 aromatic carbocycles. The first-order valence-electron chi connectivity index (χ1n) is 9.77. The summed E-state index contributed by atoms with van der Waals surface area (Å²) in [6, 6.07) is 0.698. The van der Waals surface area contributed by atoms with Crippen molar-refractivity contribution in [1.82, 2.24) is 5.32 Å². The molecule has 0 radical (unpaired) electrons. The molecule has 0 amide bonds. The van der Waals surface area contributed by atoms with E-state index in [2.05, 4.69) is 12.2 Å². The SMILES string of the molecule is CCCCCCC(CCCOC(=O)CCC)NC1CCCC1O. The Morgan fingerprint density at radius 2 is 1.91 bits per heavy atom. The summed E-state index contributed by atoms with van der Waals surface area (Å²) in [5.41, 5.74) is 0. The fourth-order valence-electron chi connectivity index (χ4n) is 3.36. The predicted molar refractivity (Wildman–Crippen MR) is 94.4 cm³/mol. The zero-order valence-corrected chi connectivity index (χ0v) is 15.2. The maximum Gasteiger partial charge on any atom is 0.305 e. The fourth-order valence-corrected chi connectivity index (χ4v) is 3.36. The normalized spacial score (nSPS) is 22.2. The molecule has 0 saturated heterocycles. The Morgan fingerprint density at radius 3 is 2.57 bits per heavy atom. The van der Waals surface area contributed by atoms with E-state index < -0.39 is 0 Å². The lowest BCUT2D eigenvalue weighted by Crippen LogP contribution is -2.42. The molecule has 0 spiro atoms. The fraction of sp³-hybridized carbons (Fsp3) is 0.947. The molecule has 3 unspecified atom stereocenters. The standard InChI is InChI=1S/C19H37NO3/c1-3-5-6-7-11-16(20-17-13-8-14-18(17)21)12-9-15-23-19(22)10-4-2/h16-18,20-21H,3-15H2,1-2H3. The highest BCUT2D eigenvalue weighted by Crippen LogP contribution is 2.21. The van der Waals surface area contributed by atoms with Crippen LogP contribution in [0.25, 0.3) is 0 Å². The Bertz CT molecular complexity index is 309. The minimum Gasteiger partial charge on any atom is -0.466 e. The van der Waals surface area contributed by atoms with Crippen LogP contribution < -0.4 is 5.32 Å². The molecule has 23 heavy (non-hydrogen) atoms. The van der Waals surface area contributed by atoms with Gasteiger partial charge in [0.25, 0.3) is 0 Å². The van der Waals surface area contributed by atoms with Crippen molar-refractivity contribution in [2.45, 2.75) is 109 Å². The van der Waals surface area contributed by atoms with Crippen LogP contribution in [0.3, 0.4) is 0 Å². The van der Waals surface area contributed by atoms with Crippen LogP contribution in [-0.2, 0) is 9.53 Å². The number of aliphatic hydroxyl groups is 1. The van der Waals surface area contributed by atoms with Gasteiger partial charge < -0.3 is 15.2 Å². The van der Waals surface area contributed by atoms with E-state index in [1.54, 1.807) is 0 Å². The average molecular weight is 328 g/mol. The van der Waals surface area contributed by atoms with Crippen molar-refractivity contribution in [3.05, 3.63) is 0 Å². The predicted octanol–water partition coefficient (Wildman–Crippen LogP) is 3.95. The molecule has 1 aliphatic carbocycles. The quantitative estimate of drug-likeness (QED) is 0.397. The second-order valence-electron chi connectivity index (χ2n) is 6.93. The topological polar surface area (TPSA) is 58.6 Å². The molecule has 0 aromatic rings. The van der Waals surface area contributed by atoms with Crippen molar-refractivity contribution in [2.24, 2.45) is 0 Å². The van der Waals surface area contributed by atoms with Gasteiger partial charge in [-0.1, -0.05) is 39.5 Å². The van der Waals surface area contributed by atoms with Crippen LogP contribution in [0.2, 0.25) is 0 Å². The third-order valence-electron chi connectivity index (χ3n) is 4.75. The highest BCUT2D eigenvalue weighted by molar-refractivity contribution is 5.69. The number of nitrogens with one attached hydrogen (secondary N) is 1. The summed E-state index contributed by atoms with van der Waals surface area (Å²) in [7, 11) is 0. The molecule has 0 aromatic heterocycles. The molecule has 1 saturated carbocycles. The first-order chi connectivity index (χ1) is 11.2. The lowest BCUT2D eigenvalue weighted by Gasteiger charge is -2.25. The van der Waals surface area contributed by atoms with Crippen molar-refractivity contribution in [1.29, 1.82) is 0 Å². The van der Waals surface area contributed by atoms with E-state index in [1.807, 2.05) is 6.92 Å². The number of carbonyl (C=O) groups excluding carboxylic acids is 1. The molecule has 3 atom stereocenters. The lowest BCUT2D eigenvalue weighted by molar-refractivity contribution is -0.143. The van der Waals surface area contributed by atoms with Crippen molar-refractivity contribution < 1.29 is 14.6 Å². The summed E-state index contributed by atoms with van der Waals surface area (Å²) in [4.78, 5) is 11.4. The third kappa shape index (κ3) is 9.31. The van der Waals surface area contributed by atoms with Crippen LogP contribution in [0.15, 0.2) is 0 Å². The van der Waals surface area contributed by atoms with Gasteiger partial charge >= 0.3 is 5.97 Å². The van der Waals surface area contributed by atoms with Crippen molar-refractivity contribution in [3.8, 4) is 0 Å². The Morgan fingerprint density at radius 1 is 1.13 bits per heavy atom. The number of esters is 1. The van der Waals surface area contributed by atoms with Gasteiger partial charge in [-0.2, -0.15) is 0 Å². The number of rotatable bonds is 13. The summed E-state index contributed by atoms with van der Waals surface area (Å²) in [6.07, 6.45) is 12.5. The molecule has 136 valence electrons. The summed E-state index contributed by atoms with van der Waals surface area (Å²) >= 11 is 0. The lowest BCUT2D eigenvalue weighted by atomic mass is 10.0. The maximum absolute atomic E-state index is 11.4. The minimum absolute atomic E-state index is 0.0776. The van der Waals surface area contributed by atoms with Gasteiger partial charge in [0, 0.05) is 18.5 Å². The van der Waals surface area contributed by atoms with Crippen LogP contribution in [0.5, 0.6) is 0 Å². The van der Waals surface area contributed by atoms with E-state index in [0.29, 0.717) is 19.1 Å². The summed E-state index contributed by atoms with van der Waals surface area (Å²) in [6.45, 7) is 4.75. The van der Waals surface area contributed by atoms with E-state index >= 15 is 0 Å². The largest absolute Gasteiger partial charge is 0.466 e. The highest BCUT2D eigenvalue weighted by Gasteiger charge is 2.26.